The van der Waals surface area contributed by atoms with Crippen LogP contribution >= 0.6 is 11.6 Å². The van der Waals surface area contributed by atoms with Crippen LogP contribution in [0.3, 0.4) is 0 Å². The van der Waals surface area contributed by atoms with Crippen LogP contribution in [0.15, 0.2) is 54.6 Å². The van der Waals surface area contributed by atoms with Gasteiger partial charge in [-0.2, -0.15) is 21.6 Å². The summed E-state index contributed by atoms with van der Waals surface area (Å²) in [6, 6.07) is 18.3. The minimum atomic E-state index is -5.84. The Hall–Kier alpha value is -2.03. The molecule has 0 amide bonds. The number of halogens is 4. The third-order valence-corrected chi connectivity index (χ3v) is 3.78. The van der Waals surface area contributed by atoms with Gasteiger partial charge in [0, 0.05) is 21.6 Å². The molecule has 1 aromatic heterocycles. The van der Waals surface area contributed by atoms with E-state index in [4.69, 9.17) is 24.6 Å². The van der Waals surface area contributed by atoms with Crippen LogP contribution < -0.4 is 0 Å². The quantitative estimate of drug-likeness (QED) is 0.469. The molecule has 0 spiro atoms. The summed E-state index contributed by atoms with van der Waals surface area (Å²) in [7, 11) is -5.84. The molecular formula is C15H11ClF3NO3S. The Labute approximate surface area is 140 Å². The van der Waals surface area contributed by atoms with E-state index in [1.54, 1.807) is 0 Å². The summed E-state index contributed by atoms with van der Waals surface area (Å²) < 4.78 is 57.5. The summed E-state index contributed by atoms with van der Waals surface area (Å²) in [5, 5.41) is 1.91. The second kappa shape index (κ2) is 6.84. The molecule has 0 unspecified atom stereocenters. The van der Waals surface area contributed by atoms with Crippen molar-refractivity contribution < 1.29 is 26.1 Å². The van der Waals surface area contributed by atoms with Crippen LogP contribution in [0.25, 0.3) is 22.2 Å². The smallest absolute Gasteiger partial charge is 0.355 e. The molecule has 0 aliphatic carbocycles. The van der Waals surface area contributed by atoms with E-state index in [1.165, 1.54) is 5.56 Å². The number of rotatable bonds is 1. The topological polar surface area (TPSA) is 70.2 Å². The molecule has 1 heterocycles. The summed E-state index contributed by atoms with van der Waals surface area (Å²) in [4.78, 5) is 3.38. The second-order valence-corrected chi connectivity index (χ2v) is 6.55. The van der Waals surface area contributed by atoms with Crippen molar-refractivity contribution in [3.05, 3.63) is 59.6 Å². The third-order valence-electron chi connectivity index (χ3n) is 2.96. The van der Waals surface area contributed by atoms with Gasteiger partial charge in [-0.15, -0.1) is 0 Å². The molecule has 4 nitrogen and oxygen atoms in total. The van der Waals surface area contributed by atoms with Gasteiger partial charge in [-0.25, -0.2) is 0 Å². The van der Waals surface area contributed by atoms with Crippen LogP contribution in [0.4, 0.5) is 13.2 Å². The van der Waals surface area contributed by atoms with Crippen molar-refractivity contribution in [2.75, 3.05) is 0 Å². The highest BCUT2D eigenvalue weighted by Crippen LogP contribution is 2.25. The zero-order chi connectivity index (χ0) is 18.0. The lowest BCUT2D eigenvalue weighted by Gasteiger charge is -1.97. The SMILES string of the molecule is Clc1ccc2[nH]c(-c3ccccc3)cc2c1.O=S(=O)(O)C(F)(F)F. The summed E-state index contributed by atoms with van der Waals surface area (Å²) in [6.07, 6.45) is 0. The maximum absolute atomic E-state index is 10.7. The molecule has 3 rings (SSSR count). The van der Waals surface area contributed by atoms with Crippen LogP contribution in [0.2, 0.25) is 5.02 Å². The van der Waals surface area contributed by atoms with Crippen molar-refractivity contribution in [2.45, 2.75) is 5.51 Å². The summed E-state index contributed by atoms with van der Waals surface area (Å²) in [5.41, 5.74) is -2.11. The van der Waals surface area contributed by atoms with Crippen molar-refractivity contribution in [3.8, 4) is 11.3 Å². The van der Waals surface area contributed by atoms with Crippen LogP contribution in [0, 0.1) is 0 Å². The van der Waals surface area contributed by atoms with E-state index in [9.17, 15) is 13.2 Å². The summed E-state index contributed by atoms with van der Waals surface area (Å²) in [5.74, 6) is 0. The first-order valence-electron chi connectivity index (χ1n) is 6.45. The van der Waals surface area contributed by atoms with Gasteiger partial charge in [-0.3, -0.25) is 4.55 Å². The fourth-order valence-corrected chi connectivity index (χ4v) is 2.06. The summed E-state index contributed by atoms with van der Waals surface area (Å²) >= 11 is 5.96. The molecule has 3 aromatic rings. The van der Waals surface area contributed by atoms with Crippen molar-refractivity contribution >= 4 is 32.6 Å². The van der Waals surface area contributed by atoms with Crippen molar-refractivity contribution in [3.63, 3.8) is 0 Å². The number of aromatic nitrogens is 1. The predicted molar refractivity (Wildman–Crippen MR) is 86.3 cm³/mol. The lowest BCUT2D eigenvalue weighted by Crippen LogP contribution is -2.21. The molecule has 2 aromatic carbocycles. The summed E-state index contributed by atoms with van der Waals surface area (Å²) in [6.45, 7) is 0. The van der Waals surface area contributed by atoms with Gasteiger partial charge >= 0.3 is 15.6 Å². The number of alkyl halides is 3. The molecule has 2 N–H and O–H groups in total. The lowest BCUT2D eigenvalue weighted by atomic mass is 10.1. The number of H-pyrrole nitrogens is 1. The fraction of sp³-hybridized carbons (Fsp3) is 0.0667. The highest BCUT2D eigenvalue weighted by atomic mass is 35.5. The first-order chi connectivity index (χ1) is 11.1. The average molecular weight is 378 g/mol. The first-order valence-corrected chi connectivity index (χ1v) is 8.27. The molecule has 24 heavy (non-hydrogen) atoms. The molecule has 0 bridgehead atoms. The lowest BCUT2D eigenvalue weighted by molar-refractivity contribution is -0.0510. The van der Waals surface area contributed by atoms with E-state index >= 15 is 0 Å². The Morgan fingerprint density at radius 3 is 2.12 bits per heavy atom. The molecule has 0 atom stereocenters. The Kier molecular flexibility index (Phi) is 5.22. The van der Waals surface area contributed by atoms with E-state index in [-0.39, 0.29) is 0 Å². The van der Waals surface area contributed by atoms with Crippen molar-refractivity contribution in [1.82, 2.24) is 4.98 Å². The zero-order valence-electron chi connectivity index (χ0n) is 11.9. The maximum Gasteiger partial charge on any atom is 0.522 e. The normalized spacial score (nSPS) is 11.9. The Balaban J connectivity index is 0.000000224. The molecule has 0 fully saturated rings. The molecule has 0 aliphatic heterocycles. The van der Waals surface area contributed by atoms with Gasteiger partial charge < -0.3 is 4.98 Å². The molecule has 0 radical (unpaired) electrons. The molecule has 0 saturated carbocycles. The molecule has 0 saturated heterocycles. The number of benzene rings is 2. The first kappa shape index (κ1) is 18.3. The highest BCUT2D eigenvalue weighted by molar-refractivity contribution is 7.86. The van der Waals surface area contributed by atoms with Gasteiger partial charge in [0.2, 0.25) is 0 Å². The number of hydrogen-bond acceptors (Lipinski definition) is 2. The van der Waals surface area contributed by atoms with Gasteiger partial charge in [0.25, 0.3) is 0 Å². The van der Waals surface area contributed by atoms with Gasteiger partial charge in [0.15, 0.2) is 0 Å². The predicted octanol–water partition coefficient (Wildman–Crippen LogP) is 4.88. The van der Waals surface area contributed by atoms with E-state index < -0.39 is 15.6 Å². The number of aromatic amines is 1. The van der Waals surface area contributed by atoms with E-state index in [1.807, 2.05) is 36.4 Å². The largest absolute Gasteiger partial charge is 0.522 e. The van der Waals surface area contributed by atoms with Crippen LogP contribution in [0.1, 0.15) is 0 Å². The number of fused-ring (bicyclic) bond motifs is 1. The van der Waals surface area contributed by atoms with Crippen LogP contribution in [-0.2, 0) is 10.1 Å². The average Bonchev–Trinajstić information content (AvgIpc) is 2.90. The monoisotopic (exact) mass is 377 g/mol. The van der Waals surface area contributed by atoms with Crippen molar-refractivity contribution in [1.29, 1.82) is 0 Å². The highest BCUT2D eigenvalue weighted by Gasteiger charge is 2.44. The molecule has 128 valence electrons. The van der Waals surface area contributed by atoms with Gasteiger partial charge in [0.1, 0.15) is 0 Å². The zero-order valence-corrected chi connectivity index (χ0v) is 13.5. The van der Waals surface area contributed by atoms with Gasteiger partial charge in [-0.1, -0.05) is 41.9 Å². The molecular weight excluding hydrogens is 367 g/mol. The van der Waals surface area contributed by atoms with E-state index in [0.717, 1.165) is 21.6 Å². The van der Waals surface area contributed by atoms with E-state index in [0.29, 0.717) is 0 Å². The van der Waals surface area contributed by atoms with Crippen molar-refractivity contribution in [2.24, 2.45) is 0 Å². The number of hydrogen-bond donors (Lipinski definition) is 2. The van der Waals surface area contributed by atoms with Crippen LogP contribution in [0.5, 0.6) is 0 Å². The third kappa shape index (κ3) is 4.50. The minimum absolute atomic E-state index is 0.770. The van der Waals surface area contributed by atoms with Crippen LogP contribution in [-0.4, -0.2) is 23.5 Å². The van der Waals surface area contributed by atoms with Gasteiger partial charge in [-0.05, 0) is 29.8 Å². The number of nitrogens with one attached hydrogen (secondary N) is 1. The van der Waals surface area contributed by atoms with E-state index in [2.05, 4.69) is 23.2 Å². The standard InChI is InChI=1S/C14H10ClN.CHF3O3S/c15-12-6-7-13-11(8-12)9-14(16-13)10-4-2-1-3-5-10;2-1(3,4)8(5,6)7/h1-9,16H;(H,5,6,7). The molecule has 9 heteroatoms. The second-order valence-electron chi connectivity index (χ2n) is 4.70. The minimum Gasteiger partial charge on any atom is -0.355 e. The molecule has 0 aliphatic rings. The Morgan fingerprint density at radius 2 is 1.58 bits per heavy atom. The fourth-order valence-electron chi connectivity index (χ4n) is 1.88. The Morgan fingerprint density at radius 1 is 1.00 bits per heavy atom. The Bertz CT molecular complexity index is 938. The maximum atomic E-state index is 10.7. The van der Waals surface area contributed by atoms with Gasteiger partial charge in [0.05, 0.1) is 0 Å².